The Morgan fingerprint density at radius 3 is 2.80 bits per heavy atom. The van der Waals surface area contributed by atoms with Crippen LogP contribution in [0.25, 0.3) is 0 Å². The van der Waals surface area contributed by atoms with Gasteiger partial charge in [-0.25, -0.2) is 0 Å². The number of nitrogens with zero attached hydrogens (tertiary/aromatic N) is 1. The molecular weight excluding hydrogens is 252 g/mol. The number of rotatable bonds is 4. The summed E-state index contributed by atoms with van der Waals surface area (Å²) in [5.41, 5.74) is 1.97. The highest BCUT2D eigenvalue weighted by atomic mass is 16.3. The Balaban J connectivity index is 1.93. The number of aryl methyl sites for hydroxylation is 1. The van der Waals surface area contributed by atoms with Crippen molar-refractivity contribution >= 4 is 11.6 Å². The van der Waals surface area contributed by atoms with Gasteiger partial charge in [0.05, 0.1) is 12.1 Å². The van der Waals surface area contributed by atoms with Crippen molar-refractivity contribution in [3.8, 4) is 0 Å². The molecule has 3 unspecified atom stereocenters. The van der Waals surface area contributed by atoms with Gasteiger partial charge in [0.1, 0.15) is 0 Å². The minimum atomic E-state index is -0.299. The van der Waals surface area contributed by atoms with Crippen LogP contribution in [-0.4, -0.2) is 41.1 Å². The van der Waals surface area contributed by atoms with Crippen molar-refractivity contribution < 1.29 is 9.90 Å². The maximum atomic E-state index is 12.3. The number of nitrogens with one attached hydrogen (secondary N) is 1. The molecule has 1 saturated heterocycles. The summed E-state index contributed by atoms with van der Waals surface area (Å²) >= 11 is 0. The van der Waals surface area contributed by atoms with Crippen LogP contribution in [0.1, 0.15) is 25.8 Å². The van der Waals surface area contributed by atoms with E-state index in [1.807, 2.05) is 45.0 Å². The lowest BCUT2D eigenvalue weighted by molar-refractivity contribution is -0.120. The van der Waals surface area contributed by atoms with Gasteiger partial charge in [0, 0.05) is 12.2 Å². The topological polar surface area (TPSA) is 52.6 Å². The van der Waals surface area contributed by atoms with Gasteiger partial charge in [0.15, 0.2) is 0 Å². The number of hydrogen-bond acceptors (Lipinski definition) is 3. The number of carbonyl (C=O) groups is 1. The van der Waals surface area contributed by atoms with Crippen LogP contribution in [0.3, 0.4) is 0 Å². The SMILES string of the molecule is Cc1cccc(NC(=O)C(C)N2CCC(C(C)O)C2)c1. The second-order valence-corrected chi connectivity index (χ2v) is 5.82. The van der Waals surface area contributed by atoms with Crippen molar-refractivity contribution in [2.24, 2.45) is 5.92 Å². The Hall–Kier alpha value is -1.39. The Labute approximate surface area is 120 Å². The van der Waals surface area contributed by atoms with Crippen LogP contribution in [0.4, 0.5) is 5.69 Å². The van der Waals surface area contributed by atoms with Gasteiger partial charge in [-0.1, -0.05) is 12.1 Å². The molecule has 0 spiro atoms. The minimum absolute atomic E-state index is 0.0156. The Bertz CT molecular complexity index is 473. The standard InChI is InChI=1S/C16H24N2O2/c1-11-5-4-6-15(9-11)17-16(20)12(2)18-8-7-14(10-18)13(3)19/h4-6,9,12-14,19H,7-8,10H2,1-3H3,(H,17,20). The molecule has 1 amide bonds. The molecule has 0 saturated carbocycles. The molecule has 4 nitrogen and oxygen atoms in total. The number of amides is 1. The lowest BCUT2D eigenvalue weighted by atomic mass is 10.0. The van der Waals surface area contributed by atoms with Crippen molar-refractivity contribution in [2.45, 2.75) is 39.3 Å². The maximum Gasteiger partial charge on any atom is 0.241 e. The summed E-state index contributed by atoms with van der Waals surface area (Å²) in [7, 11) is 0. The summed E-state index contributed by atoms with van der Waals surface area (Å²) < 4.78 is 0. The molecule has 0 aromatic heterocycles. The first-order valence-electron chi connectivity index (χ1n) is 7.27. The highest BCUT2D eigenvalue weighted by Crippen LogP contribution is 2.22. The second-order valence-electron chi connectivity index (χ2n) is 5.82. The molecule has 3 atom stereocenters. The lowest BCUT2D eigenvalue weighted by Gasteiger charge is -2.24. The summed E-state index contributed by atoms with van der Waals surface area (Å²) in [4.78, 5) is 14.4. The third-order valence-electron chi connectivity index (χ3n) is 4.15. The Morgan fingerprint density at radius 1 is 1.45 bits per heavy atom. The summed E-state index contributed by atoms with van der Waals surface area (Å²) in [6.07, 6.45) is 0.659. The fourth-order valence-electron chi connectivity index (χ4n) is 2.70. The summed E-state index contributed by atoms with van der Waals surface area (Å²) in [6.45, 7) is 7.42. The average Bonchev–Trinajstić information content (AvgIpc) is 2.87. The Morgan fingerprint density at radius 2 is 2.20 bits per heavy atom. The van der Waals surface area contributed by atoms with E-state index in [1.165, 1.54) is 0 Å². The quantitative estimate of drug-likeness (QED) is 0.884. The van der Waals surface area contributed by atoms with Gasteiger partial charge >= 0.3 is 0 Å². The van der Waals surface area contributed by atoms with E-state index >= 15 is 0 Å². The second kappa shape index (κ2) is 6.37. The fourth-order valence-corrected chi connectivity index (χ4v) is 2.70. The van der Waals surface area contributed by atoms with Crippen molar-refractivity contribution in [3.63, 3.8) is 0 Å². The van der Waals surface area contributed by atoms with E-state index < -0.39 is 0 Å². The molecule has 110 valence electrons. The van der Waals surface area contributed by atoms with Gasteiger partial charge in [-0.2, -0.15) is 0 Å². The fraction of sp³-hybridized carbons (Fsp3) is 0.562. The number of benzene rings is 1. The first-order chi connectivity index (χ1) is 9.47. The first kappa shape index (κ1) is 15.0. The molecule has 20 heavy (non-hydrogen) atoms. The molecular formula is C16H24N2O2. The largest absolute Gasteiger partial charge is 0.393 e. The number of carbonyl (C=O) groups excluding carboxylic acids is 1. The van der Waals surface area contributed by atoms with Crippen LogP contribution in [-0.2, 0) is 4.79 Å². The molecule has 1 aromatic carbocycles. The minimum Gasteiger partial charge on any atom is -0.393 e. The van der Waals surface area contributed by atoms with Gasteiger partial charge in [-0.15, -0.1) is 0 Å². The van der Waals surface area contributed by atoms with Gasteiger partial charge in [0.25, 0.3) is 0 Å². The molecule has 1 aliphatic rings. The number of anilines is 1. The summed E-state index contributed by atoms with van der Waals surface area (Å²) in [6, 6.07) is 7.65. The zero-order valence-electron chi connectivity index (χ0n) is 12.5. The maximum absolute atomic E-state index is 12.3. The highest BCUT2D eigenvalue weighted by molar-refractivity contribution is 5.94. The molecule has 1 aromatic rings. The summed E-state index contributed by atoms with van der Waals surface area (Å²) in [5, 5.41) is 12.6. The predicted octanol–water partition coefficient (Wildman–Crippen LogP) is 2.02. The van der Waals surface area contributed by atoms with Gasteiger partial charge in [-0.05, 0) is 57.4 Å². The number of likely N-dealkylation sites (tertiary alicyclic amines) is 1. The van der Waals surface area contributed by atoms with E-state index in [0.29, 0.717) is 0 Å². The molecule has 4 heteroatoms. The molecule has 1 fully saturated rings. The molecule has 0 aliphatic carbocycles. The van der Waals surface area contributed by atoms with E-state index in [2.05, 4.69) is 10.2 Å². The monoisotopic (exact) mass is 276 g/mol. The van der Waals surface area contributed by atoms with Crippen LogP contribution in [0.2, 0.25) is 0 Å². The third kappa shape index (κ3) is 3.58. The van der Waals surface area contributed by atoms with Crippen LogP contribution < -0.4 is 5.32 Å². The summed E-state index contributed by atoms with van der Waals surface area (Å²) in [5.74, 6) is 0.297. The number of aliphatic hydroxyl groups is 1. The third-order valence-corrected chi connectivity index (χ3v) is 4.15. The van der Waals surface area contributed by atoms with E-state index in [0.717, 1.165) is 30.8 Å². The molecule has 2 N–H and O–H groups in total. The van der Waals surface area contributed by atoms with Crippen LogP contribution in [0.15, 0.2) is 24.3 Å². The number of hydrogen-bond donors (Lipinski definition) is 2. The van der Waals surface area contributed by atoms with E-state index in [1.54, 1.807) is 0 Å². The van der Waals surface area contributed by atoms with Crippen molar-refractivity contribution in [1.82, 2.24) is 4.90 Å². The van der Waals surface area contributed by atoms with Crippen LogP contribution >= 0.6 is 0 Å². The van der Waals surface area contributed by atoms with E-state index in [4.69, 9.17) is 0 Å². The van der Waals surface area contributed by atoms with Crippen LogP contribution in [0, 0.1) is 12.8 Å². The molecule has 0 bridgehead atoms. The predicted molar refractivity (Wildman–Crippen MR) is 80.6 cm³/mol. The van der Waals surface area contributed by atoms with Crippen molar-refractivity contribution in [2.75, 3.05) is 18.4 Å². The van der Waals surface area contributed by atoms with Crippen molar-refractivity contribution in [3.05, 3.63) is 29.8 Å². The zero-order chi connectivity index (χ0) is 14.7. The van der Waals surface area contributed by atoms with Gasteiger partial charge in [-0.3, -0.25) is 9.69 Å². The average molecular weight is 276 g/mol. The zero-order valence-corrected chi connectivity index (χ0v) is 12.5. The van der Waals surface area contributed by atoms with Gasteiger partial charge in [0.2, 0.25) is 5.91 Å². The van der Waals surface area contributed by atoms with Crippen LogP contribution in [0.5, 0.6) is 0 Å². The highest BCUT2D eigenvalue weighted by Gasteiger charge is 2.31. The van der Waals surface area contributed by atoms with Gasteiger partial charge < -0.3 is 10.4 Å². The first-order valence-corrected chi connectivity index (χ1v) is 7.27. The molecule has 0 radical (unpaired) electrons. The number of aliphatic hydroxyl groups excluding tert-OH is 1. The molecule has 1 aliphatic heterocycles. The van der Waals surface area contributed by atoms with E-state index in [9.17, 15) is 9.90 Å². The normalized spacial score (nSPS) is 22.5. The van der Waals surface area contributed by atoms with E-state index in [-0.39, 0.29) is 24.0 Å². The molecule has 1 heterocycles. The Kier molecular flexibility index (Phi) is 4.78. The smallest absolute Gasteiger partial charge is 0.241 e. The van der Waals surface area contributed by atoms with Crippen molar-refractivity contribution in [1.29, 1.82) is 0 Å². The molecule has 2 rings (SSSR count). The lowest BCUT2D eigenvalue weighted by Crippen LogP contribution is -2.41.